The molecule has 1 fully saturated rings. The lowest BCUT2D eigenvalue weighted by Crippen LogP contribution is -2.52. The maximum Gasteiger partial charge on any atom is 0.296 e. The number of hydrogen-bond acceptors (Lipinski definition) is 4. The summed E-state index contributed by atoms with van der Waals surface area (Å²) in [6.07, 6.45) is 2.26. The third-order valence-electron chi connectivity index (χ3n) is 3.93. The third kappa shape index (κ3) is 3.23. The molecule has 8 heteroatoms. The summed E-state index contributed by atoms with van der Waals surface area (Å²) in [5, 5.41) is 2.63. The molecule has 1 aromatic carbocycles. The van der Waals surface area contributed by atoms with Gasteiger partial charge in [-0.15, -0.1) is 0 Å². The summed E-state index contributed by atoms with van der Waals surface area (Å²) in [6, 6.07) is 4.67. The lowest BCUT2D eigenvalue weighted by Gasteiger charge is -2.32. The van der Waals surface area contributed by atoms with E-state index in [1.54, 1.807) is 23.2 Å². The van der Waals surface area contributed by atoms with E-state index in [0.717, 1.165) is 0 Å². The van der Waals surface area contributed by atoms with Crippen LogP contribution in [0.25, 0.3) is 11.3 Å². The fraction of sp³-hybridized carbons (Fsp3) is 0.375. The molecule has 3 rings (SSSR count). The molecule has 1 atom stereocenters. The number of piperidine rings is 1. The number of carbonyl (C=O) groups is 1. The van der Waals surface area contributed by atoms with E-state index >= 15 is 0 Å². The zero-order valence-electron chi connectivity index (χ0n) is 13.1. The molecule has 1 aromatic heterocycles. The Balaban J connectivity index is 1.92. The standard InChI is InChI=1S/C16H18F2N4O2/c1-22-7-12(21-9-22)10-2-3-13(11(6-10)15(19)23)24-14-4-5-20-8-16(14,17)18/h2-3,6-7,9,14,20H,4-5,8H2,1H3,(H2,19,23). The number of ether oxygens (including phenoxy) is 1. The number of nitrogens with one attached hydrogen (secondary N) is 1. The molecule has 6 nitrogen and oxygen atoms in total. The van der Waals surface area contributed by atoms with Crippen LogP contribution in [-0.4, -0.2) is 40.6 Å². The van der Waals surface area contributed by atoms with E-state index in [4.69, 9.17) is 10.5 Å². The number of carbonyl (C=O) groups excluding carboxylic acids is 1. The van der Waals surface area contributed by atoms with Crippen LogP contribution in [0.5, 0.6) is 5.75 Å². The van der Waals surface area contributed by atoms with Crippen LogP contribution in [0, 0.1) is 0 Å². The predicted molar refractivity (Wildman–Crippen MR) is 84.0 cm³/mol. The summed E-state index contributed by atoms with van der Waals surface area (Å²) in [5.74, 6) is -3.68. The number of halogens is 2. The van der Waals surface area contributed by atoms with Gasteiger partial charge in [-0.3, -0.25) is 4.79 Å². The largest absolute Gasteiger partial charge is 0.483 e. The molecule has 0 saturated carbocycles. The van der Waals surface area contributed by atoms with Crippen molar-refractivity contribution in [3.05, 3.63) is 36.3 Å². The second-order valence-electron chi connectivity index (χ2n) is 5.83. The maximum atomic E-state index is 13.9. The van der Waals surface area contributed by atoms with Crippen molar-refractivity contribution in [3.8, 4) is 17.0 Å². The monoisotopic (exact) mass is 336 g/mol. The smallest absolute Gasteiger partial charge is 0.296 e. The molecule has 1 aliphatic rings. The molecular weight excluding hydrogens is 318 g/mol. The molecule has 0 spiro atoms. The molecule has 3 N–H and O–H groups in total. The second kappa shape index (κ2) is 6.20. The van der Waals surface area contributed by atoms with Crippen molar-refractivity contribution in [2.75, 3.05) is 13.1 Å². The van der Waals surface area contributed by atoms with Gasteiger partial charge in [-0.1, -0.05) is 0 Å². The first kappa shape index (κ1) is 16.4. The van der Waals surface area contributed by atoms with E-state index in [2.05, 4.69) is 10.3 Å². The number of hydrogen-bond donors (Lipinski definition) is 2. The van der Waals surface area contributed by atoms with Crippen LogP contribution in [0.3, 0.4) is 0 Å². The van der Waals surface area contributed by atoms with Gasteiger partial charge in [0, 0.05) is 25.2 Å². The van der Waals surface area contributed by atoms with E-state index < -0.39 is 24.5 Å². The molecular formula is C16H18F2N4O2. The summed E-state index contributed by atoms with van der Waals surface area (Å²) < 4.78 is 35.0. The number of benzene rings is 1. The summed E-state index contributed by atoms with van der Waals surface area (Å²) in [5.41, 5.74) is 6.77. The number of imidazole rings is 1. The Kier molecular flexibility index (Phi) is 4.23. The minimum absolute atomic E-state index is 0.0625. The van der Waals surface area contributed by atoms with Gasteiger partial charge in [0.05, 0.1) is 24.1 Å². The fourth-order valence-electron chi connectivity index (χ4n) is 2.66. The molecule has 1 aliphatic heterocycles. The Bertz CT molecular complexity index is 760. The number of nitrogens with two attached hydrogens (primary N) is 1. The van der Waals surface area contributed by atoms with Crippen molar-refractivity contribution in [2.24, 2.45) is 12.8 Å². The van der Waals surface area contributed by atoms with Gasteiger partial charge in [-0.05, 0) is 24.7 Å². The number of nitrogens with zero attached hydrogens (tertiary/aromatic N) is 2. The molecule has 24 heavy (non-hydrogen) atoms. The lowest BCUT2D eigenvalue weighted by atomic mass is 10.0. The van der Waals surface area contributed by atoms with E-state index in [-0.39, 0.29) is 17.7 Å². The predicted octanol–water partition coefficient (Wildman–Crippen LogP) is 1.56. The third-order valence-corrected chi connectivity index (χ3v) is 3.93. The van der Waals surface area contributed by atoms with Crippen LogP contribution in [0.15, 0.2) is 30.7 Å². The van der Waals surface area contributed by atoms with Gasteiger partial charge < -0.3 is 20.4 Å². The first-order chi connectivity index (χ1) is 11.4. The molecule has 1 amide bonds. The average Bonchev–Trinajstić information content (AvgIpc) is 2.96. The van der Waals surface area contributed by atoms with Gasteiger partial charge in [0.2, 0.25) is 0 Å². The average molecular weight is 336 g/mol. The van der Waals surface area contributed by atoms with Crippen LogP contribution in [0.4, 0.5) is 8.78 Å². The Morgan fingerprint density at radius 2 is 2.29 bits per heavy atom. The Labute approximate surface area is 137 Å². The van der Waals surface area contributed by atoms with Crippen molar-refractivity contribution in [1.82, 2.24) is 14.9 Å². The minimum atomic E-state index is -3.01. The highest BCUT2D eigenvalue weighted by atomic mass is 19.3. The highest BCUT2D eigenvalue weighted by Gasteiger charge is 2.43. The summed E-state index contributed by atoms with van der Waals surface area (Å²) >= 11 is 0. The number of primary amides is 1. The number of aromatic nitrogens is 2. The summed E-state index contributed by atoms with van der Waals surface area (Å²) in [6.45, 7) is -0.0201. The zero-order chi connectivity index (χ0) is 17.3. The first-order valence-electron chi connectivity index (χ1n) is 7.54. The van der Waals surface area contributed by atoms with Crippen LogP contribution in [-0.2, 0) is 7.05 Å². The number of aryl methyl sites for hydroxylation is 1. The minimum Gasteiger partial charge on any atom is -0.483 e. The van der Waals surface area contributed by atoms with Crippen LogP contribution in [0.2, 0.25) is 0 Å². The second-order valence-corrected chi connectivity index (χ2v) is 5.83. The fourth-order valence-corrected chi connectivity index (χ4v) is 2.66. The summed E-state index contributed by atoms with van der Waals surface area (Å²) in [4.78, 5) is 15.9. The van der Waals surface area contributed by atoms with Crippen molar-refractivity contribution >= 4 is 5.91 Å². The van der Waals surface area contributed by atoms with Crippen molar-refractivity contribution < 1.29 is 18.3 Å². The van der Waals surface area contributed by atoms with Gasteiger partial charge in [0.1, 0.15) is 5.75 Å². The van der Waals surface area contributed by atoms with Gasteiger partial charge in [-0.25, -0.2) is 13.8 Å². The summed E-state index contributed by atoms with van der Waals surface area (Å²) in [7, 11) is 1.82. The molecule has 1 unspecified atom stereocenters. The van der Waals surface area contributed by atoms with E-state index in [1.807, 2.05) is 7.05 Å². The first-order valence-corrected chi connectivity index (χ1v) is 7.54. The lowest BCUT2D eigenvalue weighted by molar-refractivity contribution is -0.109. The quantitative estimate of drug-likeness (QED) is 0.888. The van der Waals surface area contributed by atoms with Crippen molar-refractivity contribution in [3.63, 3.8) is 0 Å². The van der Waals surface area contributed by atoms with E-state index in [9.17, 15) is 13.6 Å². The topological polar surface area (TPSA) is 82.2 Å². The highest BCUT2D eigenvalue weighted by Crippen LogP contribution is 2.31. The molecule has 0 bridgehead atoms. The van der Waals surface area contributed by atoms with Crippen LogP contribution in [0.1, 0.15) is 16.8 Å². The van der Waals surface area contributed by atoms with Crippen LogP contribution < -0.4 is 15.8 Å². The maximum absolute atomic E-state index is 13.9. The molecule has 2 aromatic rings. The van der Waals surface area contributed by atoms with Gasteiger partial charge in [0.25, 0.3) is 11.8 Å². The van der Waals surface area contributed by atoms with Gasteiger partial charge >= 0.3 is 0 Å². The number of amides is 1. The molecule has 0 aliphatic carbocycles. The normalized spacial score (nSPS) is 19.9. The van der Waals surface area contributed by atoms with E-state index in [0.29, 0.717) is 17.8 Å². The molecule has 2 heterocycles. The number of rotatable bonds is 4. The molecule has 0 radical (unpaired) electrons. The van der Waals surface area contributed by atoms with Crippen LogP contribution >= 0.6 is 0 Å². The van der Waals surface area contributed by atoms with Gasteiger partial charge in [0.15, 0.2) is 6.10 Å². The van der Waals surface area contributed by atoms with E-state index in [1.165, 1.54) is 12.1 Å². The Hall–Kier alpha value is -2.48. The molecule has 1 saturated heterocycles. The van der Waals surface area contributed by atoms with Crippen molar-refractivity contribution in [2.45, 2.75) is 18.4 Å². The Morgan fingerprint density at radius 1 is 1.50 bits per heavy atom. The van der Waals surface area contributed by atoms with Crippen molar-refractivity contribution in [1.29, 1.82) is 0 Å². The van der Waals surface area contributed by atoms with Gasteiger partial charge in [-0.2, -0.15) is 0 Å². The Morgan fingerprint density at radius 3 is 2.92 bits per heavy atom. The number of alkyl halides is 2. The zero-order valence-corrected chi connectivity index (χ0v) is 13.1. The highest BCUT2D eigenvalue weighted by molar-refractivity contribution is 5.96. The molecule has 128 valence electrons. The SMILES string of the molecule is Cn1cnc(-c2ccc(OC3CCNCC3(F)F)c(C(N)=O)c2)c1.